The van der Waals surface area contributed by atoms with Gasteiger partial charge in [0.2, 0.25) is 0 Å². The molecular formula is C19H21FN2O3. The van der Waals surface area contributed by atoms with E-state index in [1.807, 2.05) is 12.1 Å². The number of amides is 1. The Morgan fingerprint density at radius 1 is 1.20 bits per heavy atom. The molecule has 0 aliphatic carbocycles. The predicted octanol–water partition coefficient (Wildman–Crippen LogP) is 2.92. The molecule has 0 atom stereocenters. The van der Waals surface area contributed by atoms with Crippen molar-refractivity contribution < 1.29 is 18.7 Å². The average Bonchev–Trinajstić information content (AvgIpc) is 2.66. The molecular weight excluding hydrogens is 323 g/mol. The van der Waals surface area contributed by atoms with E-state index in [4.69, 9.17) is 9.47 Å². The number of likely N-dealkylation sites (tertiary alicyclic amines) is 1. The second-order valence-electron chi connectivity index (χ2n) is 5.91. The van der Waals surface area contributed by atoms with Crippen LogP contribution in [0.25, 0.3) is 0 Å². The fourth-order valence-electron chi connectivity index (χ4n) is 2.84. The highest BCUT2D eigenvalue weighted by atomic mass is 19.1. The number of hydrogen-bond acceptors (Lipinski definition) is 4. The molecule has 5 nitrogen and oxygen atoms in total. The molecule has 1 aromatic carbocycles. The molecule has 6 heteroatoms. The van der Waals surface area contributed by atoms with Crippen molar-refractivity contribution in [1.82, 2.24) is 9.88 Å². The number of ether oxygens (including phenoxy) is 2. The van der Waals surface area contributed by atoms with Crippen LogP contribution in [0.5, 0.6) is 5.75 Å². The van der Waals surface area contributed by atoms with E-state index in [-0.39, 0.29) is 12.0 Å². The molecule has 2 heterocycles. The summed E-state index contributed by atoms with van der Waals surface area (Å²) in [5, 5.41) is 0. The Labute approximate surface area is 146 Å². The van der Waals surface area contributed by atoms with Gasteiger partial charge in [-0.2, -0.15) is 0 Å². The van der Waals surface area contributed by atoms with E-state index in [0.717, 1.165) is 18.6 Å². The highest BCUT2D eigenvalue weighted by Gasteiger charge is 2.24. The summed E-state index contributed by atoms with van der Waals surface area (Å²) in [6.07, 6.45) is 5.02. The number of carbonyl (C=O) groups excluding carboxylic acids is 1. The fourth-order valence-corrected chi connectivity index (χ4v) is 2.84. The Morgan fingerprint density at radius 3 is 2.76 bits per heavy atom. The van der Waals surface area contributed by atoms with Gasteiger partial charge in [-0.05, 0) is 43.2 Å². The molecule has 132 valence electrons. The number of halogens is 1. The van der Waals surface area contributed by atoms with Gasteiger partial charge in [0.25, 0.3) is 5.91 Å². The maximum absolute atomic E-state index is 13.2. The Balaban J connectivity index is 1.38. The number of rotatable bonds is 6. The van der Waals surface area contributed by atoms with Crippen LogP contribution in [0.15, 0.2) is 48.8 Å². The third-order valence-corrected chi connectivity index (χ3v) is 4.14. The van der Waals surface area contributed by atoms with Crippen LogP contribution >= 0.6 is 0 Å². The zero-order valence-corrected chi connectivity index (χ0v) is 13.9. The van der Waals surface area contributed by atoms with Crippen molar-refractivity contribution in [1.29, 1.82) is 0 Å². The third kappa shape index (κ3) is 5.00. The second kappa shape index (κ2) is 8.58. The smallest absolute Gasteiger partial charge is 0.253 e. The van der Waals surface area contributed by atoms with Gasteiger partial charge >= 0.3 is 0 Å². The minimum atomic E-state index is -0.391. The summed E-state index contributed by atoms with van der Waals surface area (Å²) in [4.78, 5) is 18.1. The molecule has 1 aliphatic heterocycles. The van der Waals surface area contributed by atoms with Crippen LogP contribution in [0.1, 0.15) is 23.2 Å². The summed E-state index contributed by atoms with van der Waals surface area (Å²) in [5.41, 5.74) is 0.393. The molecule has 2 aromatic rings. The number of pyridine rings is 1. The van der Waals surface area contributed by atoms with Crippen molar-refractivity contribution >= 4 is 5.91 Å². The molecule has 1 fully saturated rings. The molecule has 0 bridgehead atoms. The summed E-state index contributed by atoms with van der Waals surface area (Å²) in [7, 11) is 0. The molecule has 1 amide bonds. The summed E-state index contributed by atoms with van der Waals surface area (Å²) < 4.78 is 24.6. The lowest BCUT2D eigenvalue weighted by molar-refractivity contribution is -0.00242. The van der Waals surface area contributed by atoms with E-state index in [2.05, 4.69) is 4.98 Å². The molecule has 0 N–H and O–H groups in total. The van der Waals surface area contributed by atoms with E-state index in [1.54, 1.807) is 29.4 Å². The van der Waals surface area contributed by atoms with Crippen LogP contribution in [0, 0.1) is 5.82 Å². The Kier molecular flexibility index (Phi) is 5.95. The van der Waals surface area contributed by atoms with Crippen LogP contribution in [0.3, 0.4) is 0 Å². The first-order chi connectivity index (χ1) is 12.2. The van der Waals surface area contributed by atoms with Crippen molar-refractivity contribution in [2.45, 2.75) is 18.9 Å². The number of benzene rings is 1. The van der Waals surface area contributed by atoms with Gasteiger partial charge < -0.3 is 14.4 Å². The van der Waals surface area contributed by atoms with E-state index in [1.165, 1.54) is 12.1 Å². The monoisotopic (exact) mass is 344 g/mol. The molecule has 3 rings (SSSR count). The minimum absolute atomic E-state index is 0.119. The van der Waals surface area contributed by atoms with Crippen LogP contribution in [0.4, 0.5) is 4.39 Å². The van der Waals surface area contributed by atoms with Crippen molar-refractivity contribution in [2.75, 3.05) is 26.3 Å². The maximum Gasteiger partial charge on any atom is 0.253 e. The standard InChI is InChI=1S/C19H21FN2O3/c20-16-4-1-3-15(13-16)19(23)22-9-6-17(7-10-22)24-11-12-25-18-5-2-8-21-14-18/h1-5,8,13-14,17H,6-7,9-12H2. The summed E-state index contributed by atoms with van der Waals surface area (Å²) in [6, 6.07) is 9.49. The van der Waals surface area contributed by atoms with Crippen LogP contribution in [-0.2, 0) is 4.74 Å². The number of carbonyl (C=O) groups is 1. The molecule has 25 heavy (non-hydrogen) atoms. The fraction of sp³-hybridized carbons (Fsp3) is 0.368. The van der Waals surface area contributed by atoms with Crippen LogP contribution in [0.2, 0.25) is 0 Å². The molecule has 1 saturated heterocycles. The second-order valence-corrected chi connectivity index (χ2v) is 5.91. The van der Waals surface area contributed by atoms with E-state index >= 15 is 0 Å². The lowest BCUT2D eigenvalue weighted by atomic mass is 10.1. The van der Waals surface area contributed by atoms with Gasteiger partial charge in [-0.1, -0.05) is 6.07 Å². The van der Waals surface area contributed by atoms with Gasteiger partial charge in [0.1, 0.15) is 18.2 Å². The lowest BCUT2D eigenvalue weighted by Gasteiger charge is -2.32. The number of aromatic nitrogens is 1. The summed E-state index contributed by atoms with van der Waals surface area (Å²) in [5.74, 6) is 0.206. The topological polar surface area (TPSA) is 51.7 Å². The first kappa shape index (κ1) is 17.4. The van der Waals surface area contributed by atoms with E-state index < -0.39 is 5.82 Å². The predicted molar refractivity (Wildman–Crippen MR) is 91.0 cm³/mol. The molecule has 0 saturated carbocycles. The van der Waals surface area contributed by atoms with E-state index in [0.29, 0.717) is 31.9 Å². The maximum atomic E-state index is 13.2. The van der Waals surface area contributed by atoms with Crippen molar-refractivity contribution in [3.63, 3.8) is 0 Å². The van der Waals surface area contributed by atoms with Crippen molar-refractivity contribution in [2.24, 2.45) is 0 Å². The van der Waals surface area contributed by atoms with Gasteiger partial charge in [0.05, 0.1) is 18.9 Å². The van der Waals surface area contributed by atoms with Crippen LogP contribution < -0.4 is 4.74 Å². The highest BCUT2D eigenvalue weighted by Crippen LogP contribution is 2.17. The van der Waals surface area contributed by atoms with Gasteiger partial charge in [-0.25, -0.2) is 4.39 Å². The molecule has 0 radical (unpaired) electrons. The number of hydrogen-bond donors (Lipinski definition) is 0. The van der Waals surface area contributed by atoms with Crippen molar-refractivity contribution in [3.8, 4) is 5.75 Å². The SMILES string of the molecule is O=C(c1cccc(F)c1)N1CCC(OCCOc2cccnc2)CC1. The van der Waals surface area contributed by atoms with Gasteiger partial charge in [-0.15, -0.1) is 0 Å². The summed E-state index contributed by atoms with van der Waals surface area (Å²) in [6.45, 7) is 2.19. The summed E-state index contributed by atoms with van der Waals surface area (Å²) >= 11 is 0. The zero-order chi connectivity index (χ0) is 17.5. The first-order valence-electron chi connectivity index (χ1n) is 8.41. The quantitative estimate of drug-likeness (QED) is 0.756. The molecule has 0 unspecified atom stereocenters. The van der Waals surface area contributed by atoms with Gasteiger partial charge in [0.15, 0.2) is 0 Å². The first-order valence-corrected chi connectivity index (χ1v) is 8.41. The highest BCUT2D eigenvalue weighted by molar-refractivity contribution is 5.94. The Hall–Kier alpha value is -2.47. The lowest BCUT2D eigenvalue weighted by Crippen LogP contribution is -2.41. The van der Waals surface area contributed by atoms with E-state index in [9.17, 15) is 9.18 Å². The number of nitrogens with zero attached hydrogens (tertiary/aromatic N) is 2. The molecule has 1 aromatic heterocycles. The number of piperidine rings is 1. The zero-order valence-electron chi connectivity index (χ0n) is 13.9. The van der Waals surface area contributed by atoms with Gasteiger partial charge in [-0.3, -0.25) is 9.78 Å². The molecule has 0 spiro atoms. The Morgan fingerprint density at radius 2 is 2.04 bits per heavy atom. The third-order valence-electron chi connectivity index (χ3n) is 4.14. The van der Waals surface area contributed by atoms with Crippen LogP contribution in [-0.4, -0.2) is 48.2 Å². The van der Waals surface area contributed by atoms with Gasteiger partial charge in [0, 0.05) is 24.8 Å². The molecule has 1 aliphatic rings. The normalized spacial score (nSPS) is 15.2. The Bertz CT molecular complexity index is 688. The van der Waals surface area contributed by atoms with Crippen molar-refractivity contribution in [3.05, 3.63) is 60.2 Å². The minimum Gasteiger partial charge on any atom is -0.490 e. The average molecular weight is 344 g/mol. The largest absolute Gasteiger partial charge is 0.490 e.